The molecule has 6 nitrogen and oxygen atoms in total. The molecule has 24 heavy (non-hydrogen) atoms. The zero-order chi connectivity index (χ0) is 17.9. The van der Waals surface area contributed by atoms with Gasteiger partial charge in [-0.2, -0.15) is 13.2 Å². The molecule has 0 unspecified atom stereocenters. The highest BCUT2D eigenvalue weighted by Crippen LogP contribution is 2.36. The number of nitrogens with zero attached hydrogens (tertiary/aromatic N) is 3. The molecule has 0 saturated carbocycles. The predicted molar refractivity (Wildman–Crippen MR) is 81.0 cm³/mol. The Morgan fingerprint density at radius 3 is 2.79 bits per heavy atom. The van der Waals surface area contributed by atoms with E-state index in [1.807, 2.05) is 0 Å². The van der Waals surface area contributed by atoms with Crippen LogP contribution >= 0.6 is 0 Å². The van der Waals surface area contributed by atoms with Gasteiger partial charge in [0.2, 0.25) is 11.8 Å². The highest BCUT2D eigenvalue weighted by molar-refractivity contribution is 5.85. The first-order valence-electron chi connectivity index (χ1n) is 7.50. The van der Waals surface area contributed by atoms with Gasteiger partial charge in [-0.3, -0.25) is 9.59 Å². The van der Waals surface area contributed by atoms with E-state index >= 15 is 0 Å². The van der Waals surface area contributed by atoms with E-state index in [1.54, 1.807) is 0 Å². The number of piperidine rings is 1. The zero-order valence-electron chi connectivity index (χ0n) is 13.2. The van der Waals surface area contributed by atoms with Crippen molar-refractivity contribution in [1.82, 2.24) is 9.88 Å². The summed E-state index contributed by atoms with van der Waals surface area (Å²) in [6, 6.07) is 2.21. The lowest BCUT2D eigenvalue weighted by molar-refractivity contribution is -0.137. The molecule has 2 N–H and O–H groups in total. The average molecular weight is 344 g/mol. The van der Waals surface area contributed by atoms with E-state index < -0.39 is 23.6 Å². The van der Waals surface area contributed by atoms with E-state index in [0.717, 1.165) is 6.07 Å². The van der Waals surface area contributed by atoms with Crippen LogP contribution in [0.5, 0.6) is 0 Å². The van der Waals surface area contributed by atoms with Crippen LogP contribution < -0.4 is 10.6 Å². The second-order valence-electron chi connectivity index (χ2n) is 5.82. The first-order chi connectivity index (χ1) is 11.2. The maximum Gasteiger partial charge on any atom is 0.419 e. The number of pyridine rings is 1. The Kier molecular flexibility index (Phi) is 5.30. The highest BCUT2D eigenvalue weighted by atomic mass is 19.4. The smallest absolute Gasteiger partial charge is 0.368 e. The van der Waals surface area contributed by atoms with Crippen LogP contribution in [0.1, 0.15) is 18.4 Å². The van der Waals surface area contributed by atoms with Gasteiger partial charge in [-0.25, -0.2) is 4.98 Å². The molecule has 1 aromatic heterocycles. The first kappa shape index (κ1) is 18.0. The van der Waals surface area contributed by atoms with Crippen molar-refractivity contribution in [2.75, 3.05) is 31.6 Å². The molecule has 1 aromatic rings. The Balaban J connectivity index is 2.17. The summed E-state index contributed by atoms with van der Waals surface area (Å²) in [5.41, 5.74) is 4.25. The van der Waals surface area contributed by atoms with Crippen LogP contribution in [0.2, 0.25) is 0 Å². The standard InChI is InChI=1S/C15H19F3N4O2/c1-21(9-12(19)23)14(24)10-4-3-7-22(8-10)13-11(15(16,17)18)5-2-6-20-13/h2,5-6,10H,3-4,7-9H2,1H3,(H2,19,23)/t10-/m0/s1. The third-order valence-corrected chi connectivity index (χ3v) is 3.93. The minimum Gasteiger partial charge on any atom is -0.368 e. The van der Waals surface area contributed by atoms with Crippen LogP contribution in [0.15, 0.2) is 18.3 Å². The summed E-state index contributed by atoms with van der Waals surface area (Å²) in [6.07, 6.45) is -2.10. The molecular weight excluding hydrogens is 325 g/mol. The van der Waals surface area contributed by atoms with Crippen LogP contribution in [-0.2, 0) is 15.8 Å². The molecule has 0 aliphatic carbocycles. The fraction of sp³-hybridized carbons (Fsp3) is 0.533. The molecule has 2 heterocycles. The topological polar surface area (TPSA) is 79.5 Å². The minimum atomic E-state index is -4.51. The zero-order valence-corrected chi connectivity index (χ0v) is 13.2. The summed E-state index contributed by atoms with van der Waals surface area (Å²) in [7, 11) is 1.45. The van der Waals surface area contributed by atoms with E-state index in [4.69, 9.17) is 5.73 Å². The number of hydrogen-bond donors (Lipinski definition) is 1. The van der Waals surface area contributed by atoms with E-state index in [-0.39, 0.29) is 24.8 Å². The van der Waals surface area contributed by atoms with Gasteiger partial charge in [0.25, 0.3) is 0 Å². The van der Waals surface area contributed by atoms with Crippen LogP contribution in [0.4, 0.5) is 19.0 Å². The number of primary amides is 1. The van der Waals surface area contributed by atoms with Crippen molar-refractivity contribution in [2.45, 2.75) is 19.0 Å². The number of alkyl halides is 3. The number of anilines is 1. The van der Waals surface area contributed by atoms with Gasteiger partial charge in [0.15, 0.2) is 0 Å². The number of aromatic nitrogens is 1. The molecule has 0 spiro atoms. The summed E-state index contributed by atoms with van der Waals surface area (Å²) in [6.45, 7) is 0.304. The van der Waals surface area contributed by atoms with E-state index in [0.29, 0.717) is 19.4 Å². The van der Waals surface area contributed by atoms with Gasteiger partial charge in [0.05, 0.1) is 18.0 Å². The van der Waals surface area contributed by atoms with Crippen molar-refractivity contribution in [3.63, 3.8) is 0 Å². The van der Waals surface area contributed by atoms with E-state index in [2.05, 4.69) is 4.98 Å². The highest BCUT2D eigenvalue weighted by Gasteiger charge is 2.37. The van der Waals surface area contributed by atoms with Crippen molar-refractivity contribution in [1.29, 1.82) is 0 Å². The third-order valence-electron chi connectivity index (χ3n) is 3.93. The molecule has 0 radical (unpaired) electrons. The van der Waals surface area contributed by atoms with Crippen molar-refractivity contribution in [3.8, 4) is 0 Å². The average Bonchev–Trinajstić information content (AvgIpc) is 2.53. The molecule has 1 aliphatic rings. The summed E-state index contributed by atoms with van der Waals surface area (Å²) < 4.78 is 39.4. The van der Waals surface area contributed by atoms with Gasteiger partial charge >= 0.3 is 6.18 Å². The lowest BCUT2D eigenvalue weighted by Gasteiger charge is -2.35. The number of nitrogens with two attached hydrogens (primary N) is 1. The third kappa shape index (κ3) is 4.15. The molecule has 1 atom stereocenters. The Labute approximate surface area is 137 Å². The molecule has 2 rings (SSSR count). The van der Waals surface area contributed by atoms with Crippen molar-refractivity contribution < 1.29 is 22.8 Å². The normalized spacial score (nSPS) is 18.3. The predicted octanol–water partition coefficient (Wildman–Crippen LogP) is 1.26. The van der Waals surface area contributed by atoms with Crippen LogP contribution in [0.3, 0.4) is 0 Å². The lowest BCUT2D eigenvalue weighted by atomic mass is 9.96. The van der Waals surface area contributed by atoms with Crippen molar-refractivity contribution in [3.05, 3.63) is 23.9 Å². The van der Waals surface area contributed by atoms with Gasteiger partial charge in [-0.05, 0) is 25.0 Å². The molecular formula is C15H19F3N4O2. The van der Waals surface area contributed by atoms with Gasteiger partial charge < -0.3 is 15.5 Å². The second-order valence-corrected chi connectivity index (χ2v) is 5.82. The summed E-state index contributed by atoms with van der Waals surface area (Å²) in [4.78, 5) is 29.8. The van der Waals surface area contributed by atoms with Gasteiger partial charge in [0.1, 0.15) is 5.82 Å². The number of amides is 2. The SMILES string of the molecule is CN(CC(N)=O)C(=O)[C@H]1CCCN(c2ncccc2C(F)(F)F)C1. The number of halogens is 3. The quantitative estimate of drug-likeness (QED) is 0.892. The maximum absolute atomic E-state index is 13.1. The minimum absolute atomic E-state index is 0.127. The number of hydrogen-bond acceptors (Lipinski definition) is 4. The molecule has 9 heteroatoms. The summed E-state index contributed by atoms with van der Waals surface area (Å²) in [5.74, 6) is -1.60. The van der Waals surface area contributed by atoms with Gasteiger partial charge in [-0.15, -0.1) is 0 Å². The molecule has 1 saturated heterocycles. The molecule has 2 amide bonds. The molecule has 0 bridgehead atoms. The van der Waals surface area contributed by atoms with Crippen LogP contribution in [-0.4, -0.2) is 48.4 Å². The molecule has 1 aliphatic heterocycles. The molecule has 1 fully saturated rings. The van der Waals surface area contributed by atoms with Gasteiger partial charge in [0, 0.05) is 26.3 Å². The second kappa shape index (κ2) is 7.06. The Hall–Kier alpha value is -2.32. The number of rotatable bonds is 4. The number of carbonyl (C=O) groups excluding carboxylic acids is 2. The first-order valence-corrected chi connectivity index (χ1v) is 7.50. The largest absolute Gasteiger partial charge is 0.419 e. The van der Waals surface area contributed by atoms with E-state index in [1.165, 1.54) is 29.1 Å². The number of carbonyl (C=O) groups is 2. The summed E-state index contributed by atoms with van der Waals surface area (Å²) >= 11 is 0. The molecule has 132 valence electrons. The summed E-state index contributed by atoms with van der Waals surface area (Å²) in [5, 5.41) is 0. The number of likely N-dealkylation sites (N-methyl/N-ethyl adjacent to an activating group) is 1. The van der Waals surface area contributed by atoms with Crippen LogP contribution in [0, 0.1) is 5.92 Å². The monoisotopic (exact) mass is 344 g/mol. The van der Waals surface area contributed by atoms with E-state index in [9.17, 15) is 22.8 Å². The Morgan fingerprint density at radius 1 is 1.46 bits per heavy atom. The van der Waals surface area contributed by atoms with Gasteiger partial charge in [-0.1, -0.05) is 0 Å². The fourth-order valence-electron chi connectivity index (χ4n) is 2.86. The molecule has 0 aromatic carbocycles. The van der Waals surface area contributed by atoms with Crippen LogP contribution in [0.25, 0.3) is 0 Å². The van der Waals surface area contributed by atoms with Crippen molar-refractivity contribution >= 4 is 17.6 Å². The Morgan fingerprint density at radius 2 is 2.17 bits per heavy atom. The van der Waals surface area contributed by atoms with Crippen molar-refractivity contribution in [2.24, 2.45) is 11.7 Å². The lowest BCUT2D eigenvalue weighted by Crippen LogP contribution is -2.46. The maximum atomic E-state index is 13.1. The Bertz CT molecular complexity index is 621. The fourth-order valence-corrected chi connectivity index (χ4v) is 2.86.